The van der Waals surface area contributed by atoms with Crippen molar-refractivity contribution in [2.24, 2.45) is 5.92 Å². The highest BCUT2D eigenvalue weighted by atomic mass is 16.6. The maximum absolute atomic E-state index is 11.6. The zero-order valence-corrected chi connectivity index (χ0v) is 11.0. The first-order chi connectivity index (χ1) is 7.81. The van der Waals surface area contributed by atoms with Crippen LogP contribution in [0.3, 0.4) is 0 Å². The first kappa shape index (κ1) is 13.8. The van der Waals surface area contributed by atoms with E-state index in [0.717, 1.165) is 6.42 Å². The van der Waals surface area contributed by atoms with Crippen LogP contribution in [0.4, 0.5) is 4.79 Å². The summed E-state index contributed by atoms with van der Waals surface area (Å²) < 4.78 is 5.20. The molecule has 0 radical (unpaired) electrons. The second kappa shape index (κ2) is 5.38. The van der Waals surface area contributed by atoms with Crippen molar-refractivity contribution in [1.82, 2.24) is 10.6 Å². The van der Waals surface area contributed by atoms with Gasteiger partial charge in [0.25, 0.3) is 0 Å². The van der Waals surface area contributed by atoms with E-state index in [1.807, 2.05) is 27.7 Å². The van der Waals surface area contributed by atoms with Crippen LogP contribution in [-0.2, 0) is 9.53 Å². The Labute approximate surface area is 102 Å². The Kier molecular flexibility index (Phi) is 4.37. The number of hydrogen-bond acceptors (Lipinski definition) is 3. The van der Waals surface area contributed by atoms with Gasteiger partial charge >= 0.3 is 6.09 Å². The molecular formula is C12H22N2O3. The molecule has 1 heterocycles. The van der Waals surface area contributed by atoms with Gasteiger partial charge in [-0.3, -0.25) is 4.79 Å². The third kappa shape index (κ3) is 4.63. The fourth-order valence-corrected chi connectivity index (χ4v) is 1.92. The molecule has 2 amide bonds. The lowest BCUT2D eigenvalue weighted by Crippen LogP contribution is -2.43. The van der Waals surface area contributed by atoms with E-state index in [0.29, 0.717) is 13.0 Å². The molecule has 0 aromatic heterocycles. The van der Waals surface area contributed by atoms with Crippen molar-refractivity contribution in [3.8, 4) is 0 Å². The van der Waals surface area contributed by atoms with Gasteiger partial charge in [0.05, 0.1) is 0 Å². The largest absolute Gasteiger partial charge is 0.444 e. The van der Waals surface area contributed by atoms with E-state index in [1.165, 1.54) is 0 Å². The quantitative estimate of drug-likeness (QED) is 0.786. The van der Waals surface area contributed by atoms with E-state index in [2.05, 4.69) is 10.6 Å². The average molecular weight is 242 g/mol. The average Bonchev–Trinajstić information content (AvgIpc) is 2.58. The van der Waals surface area contributed by atoms with Gasteiger partial charge in [-0.15, -0.1) is 0 Å². The molecule has 1 unspecified atom stereocenters. The van der Waals surface area contributed by atoms with E-state index < -0.39 is 11.7 Å². The molecule has 5 heteroatoms. The molecule has 0 bridgehead atoms. The van der Waals surface area contributed by atoms with Gasteiger partial charge in [-0.1, -0.05) is 6.92 Å². The lowest BCUT2D eigenvalue weighted by atomic mass is 9.97. The molecule has 98 valence electrons. The van der Waals surface area contributed by atoms with Gasteiger partial charge < -0.3 is 15.4 Å². The zero-order valence-electron chi connectivity index (χ0n) is 11.0. The fourth-order valence-electron chi connectivity index (χ4n) is 1.92. The first-order valence-corrected chi connectivity index (χ1v) is 6.08. The summed E-state index contributed by atoms with van der Waals surface area (Å²) in [4.78, 5) is 22.8. The Morgan fingerprint density at radius 3 is 2.65 bits per heavy atom. The van der Waals surface area contributed by atoms with Gasteiger partial charge in [0.2, 0.25) is 5.91 Å². The second-order valence-electron chi connectivity index (χ2n) is 5.43. The number of hydrogen-bond donors (Lipinski definition) is 2. The highest BCUT2D eigenvalue weighted by Gasteiger charge is 2.30. The summed E-state index contributed by atoms with van der Waals surface area (Å²) in [7, 11) is 0. The molecule has 1 aliphatic heterocycles. The number of amides is 2. The molecule has 2 N–H and O–H groups in total. The third-order valence-electron chi connectivity index (χ3n) is 2.72. The van der Waals surface area contributed by atoms with Gasteiger partial charge in [-0.25, -0.2) is 4.79 Å². The van der Waals surface area contributed by atoms with E-state index in [-0.39, 0.29) is 17.9 Å². The molecule has 0 aromatic rings. The Morgan fingerprint density at radius 1 is 1.59 bits per heavy atom. The minimum atomic E-state index is -0.494. The van der Waals surface area contributed by atoms with Crippen LogP contribution in [0.5, 0.6) is 0 Å². The Balaban J connectivity index is 2.47. The molecule has 1 rings (SSSR count). The van der Waals surface area contributed by atoms with Crippen LogP contribution in [0.15, 0.2) is 0 Å². The summed E-state index contributed by atoms with van der Waals surface area (Å²) in [5.74, 6) is 0.222. The molecule has 17 heavy (non-hydrogen) atoms. The molecule has 0 spiro atoms. The van der Waals surface area contributed by atoms with Crippen molar-refractivity contribution in [2.45, 2.75) is 52.2 Å². The maximum Gasteiger partial charge on any atom is 0.407 e. The van der Waals surface area contributed by atoms with Crippen molar-refractivity contribution in [3.63, 3.8) is 0 Å². The van der Waals surface area contributed by atoms with Crippen LogP contribution in [0.25, 0.3) is 0 Å². The number of carbonyl (C=O) groups excluding carboxylic acids is 2. The number of carbonyl (C=O) groups is 2. The molecule has 0 aromatic carbocycles. The van der Waals surface area contributed by atoms with Gasteiger partial charge in [-0.2, -0.15) is 0 Å². The van der Waals surface area contributed by atoms with Crippen molar-refractivity contribution >= 4 is 12.0 Å². The summed E-state index contributed by atoms with van der Waals surface area (Å²) in [5, 5.41) is 5.61. The molecule has 0 saturated carbocycles. The van der Waals surface area contributed by atoms with Crippen LogP contribution >= 0.6 is 0 Å². The van der Waals surface area contributed by atoms with Gasteiger partial charge in [0.15, 0.2) is 0 Å². The third-order valence-corrected chi connectivity index (χ3v) is 2.72. The van der Waals surface area contributed by atoms with Crippen molar-refractivity contribution in [3.05, 3.63) is 0 Å². The summed E-state index contributed by atoms with van der Waals surface area (Å²) in [5.41, 5.74) is -0.494. The summed E-state index contributed by atoms with van der Waals surface area (Å²) in [6.45, 7) is 8.11. The van der Waals surface area contributed by atoms with E-state index in [4.69, 9.17) is 4.74 Å². The van der Waals surface area contributed by atoms with Crippen LogP contribution < -0.4 is 10.6 Å². The maximum atomic E-state index is 11.6. The Bertz CT molecular complexity index is 297. The second-order valence-corrected chi connectivity index (χ2v) is 5.43. The lowest BCUT2D eigenvalue weighted by molar-refractivity contribution is -0.119. The van der Waals surface area contributed by atoms with Gasteiger partial charge in [0.1, 0.15) is 5.60 Å². The van der Waals surface area contributed by atoms with E-state index in [1.54, 1.807) is 0 Å². The van der Waals surface area contributed by atoms with Gasteiger partial charge in [0, 0.05) is 24.9 Å². The van der Waals surface area contributed by atoms with Crippen molar-refractivity contribution < 1.29 is 14.3 Å². The summed E-state index contributed by atoms with van der Waals surface area (Å²) >= 11 is 0. The van der Waals surface area contributed by atoms with E-state index >= 15 is 0 Å². The zero-order chi connectivity index (χ0) is 13.1. The minimum absolute atomic E-state index is 0.0104. The van der Waals surface area contributed by atoms with Crippen LogP contribution in [-0.4, -0.2) is 30.2 Å². The van der Waals surface area contributed by atoms with Gasteiger partial charge in [-0.05, 0) is 27.2 Å². The Morgan fingerprint density at radius 2 is 2.24 bits per heavy atom. The van der Waals surface area contributed by atoms with Crippen LogP contribution in [0, 0.1) is 5.92 Å². The van der Waals surface area contributed by atoms with E-state index in [9.17, 15) is 9.59 Å². The molecular weight excluding hydrogens is 220 g/mol. The predicted molar refractivity (Wildman–Crippen MR) is 64.6 cm³/mol. The number of rotatable bonds is 3. The smallest absolute Gasteiger partial charge is 0.407 e. The molecule has 1 saturated heterocycles. The van der Waals surface area contributed by atoms with Crippen LogP contribution in [0.1, 0.15) is 40.5 Å². The molecule has 1 aliphatic rings. The molecule has 0 aliphatic carbocycles. The normalized spacial score (nSPS) is 21.9. The highest BCUT2D eigenvalue weighted by Crippen LogP contribution is 2.17. The number of ether oxygens (including phenoxy) is 1. The van der Waals surface area contributed by atoms with Crippen LogP contribution in [0.2, 0.25) is 0 Å². The predicted octanol–water partition coefficient (Wildman–Crippen LogP) is 1.43. The van der Waals surface area contributed by atoms with Crippen molar-refractivity contribution in [1.29, 1.82) is 0 Å². The lowest BCUT2D eigenvalue weighted by Gasteiger charge is -2.25. The molecule has 5 nitrogen and oxygen atoms in total. The molecule has 2 atom stereocenters. The fraction of sp³-hybridized carbons (Fsp3) is 0.833. The number of nitrogens with one attached hydrogen (secondary N) is 2. The SMILES string of the molecule is CC[C@@H](NC(=O)OC(C)(C)C)C1CNC(=O)C1. The number of alkyl carbamates (subject to hydrolysis) is 1. The van der Waals surface area contributed by atoms with Crippen molar-refractivity contribution in [2.75, 3.05) is 6.54 Å². The topological polar surface area (TPSA) is 67.4 Å². The summed E-state index contributed by atoms with van der Waals surface area (Å²) in [6.07, 6.45) is 0.858. The minimum Gasteiger partial charge on any atom is -0.444 e. The monoisotopic (exact) mass is 242 g/mol. The molecule has 1 fully saturated rings. The highest BCUT2D eigenvalue weighted by molar-refractivity contribution is 5.78. The standard InChI is InChI=1S/C12H22N2O3/c1-5-9(8-6-10(15)13-7-8)14-11(16)17-12(2,3)4/h8-9H,5-7H2,1-4H3,(H,13,15)(H,14,16)/t8?,9-/m1/s1. The first-order valence-electron chi connectivity index (χ1n) is 6.08. The Hall–Kier alpha value is -1.26. The summed E-state index contributed by atoms with van der Waals surface area (Å²) in [6, 6.07) is -0.0104.